The van der Waals surface area contributed by atoms with Gasteiger partial charge in [0.05, 0.1) is 6.61 Å². The number of unbranched alkanes of at least 4 members (excludes halogenated alkanes) is 28. The van der Waals surface area contributed by atoms with Gasteiger partial charge in [-0.2, -0.15) is 0 Å². The summed E-state index contributed by atoms with van der Waals surface area (Å²) < 4.78 is 10.8. The van der Waals surface area contributed by atoms with Gasteiger partial charge in [0, 0.05) is 12.8 Å². The zero-order valence-corrected chi connectivity index (χ0v) is 55.8. The van der Waals surface area contributed by atoms with Crippen molar-refractivity contribution >= 4 is 11.9 Å². The molecule has 1 atom stereocenters. The largest absolute Gasteiger partial charge is 0.462 e. The molecule has 5 nitrogen and oxygen atoms in total. The average Bonchev–Trinajstić information content (AvgIpc) is 3.53. The molecule has 0 rings (SSSR count). The lowest BCUT2D eigenvalue weighted by molar-refractivity contribution is -0.161. The maximum atomic E-state index is 12.4. The van der Waals surface area contributed by atoms with E-state index in [-0.39, 0.29) is 25.2 Å². The molecule has 0 saturated heterocycles. The van der Waals surface area contributed by atoms with E-state index in [0.717, 1.165) is 135 Å². The van der Waals surface area contributed by atoms with Crippen LogP contribution in [-0.2, 0) is 19.1 Å². The summed E-state index contributed by atoms with van der Waals surface area (Å²) in [6, 6.07) is 0. The second-order valence-electron chi connectivity index (χ2n) is 23.2. The third kappa shape index (κ3) is 71.7. The minimum absolute atomic E-state index is 0.0746. The fraction of sp³-hybridized carbons (Fsp3) is 0.630. The van der Waals surface area contributed by atoms with Crippen LogP contribution in [0.25, 0.3) is 0 Å². The Kier molecular flexibility index (Phi) is 70.4. The van der Waals surface area contributed by atoms with Gasteiger partial charge >= 0.3 is 11.9 Å². The lowest BCUT2D eigenvalue weighted by Gasteiger charge is -2.15. The first-order chi connectivity index (χ1) is 42.6. The van der Waals surface area contributed by atoms with Gasteiger partial charge in [-0.3, -0.25) is 9.59 Å². The molecule has 0 heterocycles. The maximum absolute atomic E-state index is 12.4. The number of ether oxygens (including phenoxy) is 2. The van der Waals surface area contributed by atoms with Gasteiger partial charge in [0.25, 0.3) is 0 Å². The van der Waals surface area contributed by atoms with Crippen LogP contribution >= 0.6 is 0 Å². The van der Waals surface area contributed by atoms with Crippen LogP contribution in [0.2, 0.25) is 0 Å². The van der Waals surface area contributed by atoms with Crippen LogP contribution in [0.5, 0.6) is 0 Å². The molecule has 0 aromatic heterocycles. The van der Waals surface area contributed by atoms with Crippen molar-refractivity contribution in [2.75, 3.05) is 13.2 Å². The van der Waals surface area contributed by atoms with E-state index in [1.807, 2.05) is 0 Å². The van der Waals surface area contributed by atoms with Crippen molar-refractivity contribution in [1.29, 1.82) is 0 Å². The minimum Gasteiger partial charge on any atom is -0.462 e. The van der Waals surface area contributed by atoms with Gasteiger partial charge in [0.1, 0.15) is 6.61 Å². The smallest absolute Gasteiger partial charge is 0.306 e. The molecule has 0 aliphatic heterocycles. The molecule has 0 saturated carbocycles. The highest BCUT2D eigenvalue weighted by molar-refractivity contribution is 5.70. The number of aliphatic hydroxyl groups is 1. The number of hydrogen-bond acceptors (Lipinski definition) is 5. The molecular formula is C81H132O5. The summed E-state index contributed by atoms with van der Waals surface area (Å²) in [6.45, 7) is 3.92. The lowest BCUT2D eigenvalue weighted by atomic mass is 10.0. The molecule has 0 aromatic rings. The van der Waals surface area contributed by atoms with Gasteiger partial charge in [-0.25, -0.2) is 0 Å². The van der Waals surface area contributed by atoms with Crippen LogP contribution in [-0.4, -0.2) is 36.4 Å². The fourth-order valence-corrected chi connectivity index (χ4v) is 9.75. The second-order valence-corrected chi connectivity index (χ2v) is 23.2. The van der Waals surface area contributed by atoms with E-state index in [2.05, 4.69) is 184 Å². The Bertz CT molecular complexity index is 1870. The highest BCUT2D eigenvalue weighted by Gasteiger charge is 2.16. The van der Waals surface area contributed by atoms with Crippen molar-refractivity contribution in [2.24, 2.45) is 0 Å². The fourth-order valence-electron chi connectivity index (χ4n) is 9.75. The van der Waals surface area contributed by atoms with Gasteiger partial charge in [0.15, 0.2) is 6.10 Å². The summed E-state index contributed by atoms with van der Waals surface area (Å²) in [5.74, 6) is -0.597. The van der Waals surface area contributed by atoms with E-state index in [4.69, 9.17) is 9.47 Å². The van der Waals surface area contributed by atoms with E-state index < -0.39 is 6.10 Å². The number of hydrogen-bond donors (Lipinski definition) is 1. The summed E-state index contributed by atoms with van der Waals surface area (Å²) in [7, 11) is 0. The summed E-state index contributed by atoms with van der Waals surface area (Å²) in [4.78, 5) is 24.7. The third-order valence-electron chi connectivity index (χ3n) is 15.0. The van der Waals surface area contributed by atoms with Gasteiger partial charge in [-0.15, -0.1) is 0 Å². The van der Waals surface area contributed by atoms with Crippen LogP contribution in [0.15, 0.2) is 170 Å². The van der Waals surface area contributed by atoms with E-state index in [9.17, 15) is 14.7 Å². The number of carbonyl (C=O) groups excluding carboxylic acids is 2. The minimum atomic E-state index is -0.787. The van der Waals surface area contributed by atoms with Crippen LogP contribution in [0.3, 0.4) is 0 Å². The normalized spacial score (nSPS) is 13.3. The molecule has 1 unspecified atom stereocenters. The van der Waals surface area contributed by atoms with Gasteiger partial charge in [-0.1, -0.05) is 338 Å². The number of rotatable bonds is 64. The lowest BCUT2D eigenvalue weighted by Crippen LogP contribution is -2.28. The molecule has 0 aliphatic carbocycles. The van der Waals surface area contributed by atoms with Crippen LogP contribution in [0, 0.1) is 0 Å². The molecule has 0 aliphatic rings. The monoisotopic (exact) mass is 1190 g/mol. The molecule has 0 amide bonds. The molecule has 86 heavy (non-hydrogen) atoms. The molecule has 0 radical (unpaired) electrons. The van der Waals surface area contributed by atoms with Crippen molar-refractivity contribution in [3.8, 4) is 0 Å². The number of aliphatic hydroxyl groups excluding tert-OH is 1. The predicted molar refractivity (Wildman–Crippen MR) is 380 cm³/mol. The molecule has 0 fully saturated rings. The zero-order chi connectivity index (χ0) is 61.9. The van der Waals surface area contributed by atoms with Crippen LogP contribution in [0.1, 0.15) is 309 Å². The topological polar surface area (TPSA) is 72.8 Å². The van der Waals surface area contributed by atoms with Gasteiger partial charge < -0.3 is 14.6 Å². The summed E-state index contributed by atoms with van der Waals surface area (Å²) in [5, 5.41) is 9.71. The van der Waals surface area contributed by atoms with E-state index in [1.165, 1.54) is 148 Å². The zero-order valence-electron chi connectivity index (χ0n) is 55.8. The first-order valence-corrected chi connectivity index (χ1v) is 35.7. The Morgan fingerprint density at radius 3 is 0.698 bits per heavy atom. The summed E-state index contributed by atoms with van der Waals surface area (Å²) in [6.07, 6.45) is 115. The average molecular weight is 1190 g/mol. The third-order valence-corrected chi connectivity index (χ3v) is 15.0. The molecule has 0 bridgehead atoms. The molecule has 486 valence electrons. The first kappa shape index (κ1) is 81.3. The number of esters is 2. The van der Waals surface area contributed by atoms with Crippen LogP contribution < -0.4 is 0 Å². The Morgan fingerprint density at radius 1 is 0.267 bits per heavy atom. The second kappa shape index (κ2) is 74.5. The van der Waals surface area contributed by atoms with Crippen LogP contribution in [0.4, 0.5) is 0 Å². The SMILES string of the molecule is CC/C=C\C/C=C\C/C=C\C/C=C\C/C=C\C/C=C\C/C=C\C/C=C\C/C=C\CCCCCCCCCCCC(=O)OC(CO)COC(=O)CCCCCCCCCCCCCCCCCCCCC/C=C\C/C=C\C/C=C\C/C=C\C/C=C\CC. The summed E-state index contributed by atoms with van der Waals surface area (Å²) in [5.41, 5.74) is 0. The highest BCUT2D eigenvalue weighted by Crippen LogP contribution is 2.17. The van der Waals surface area contributed by atoms with Gasteiger partial charge in [-0.05, 0) is 128 Å². The van der Waals surface area contributed by atoms with Crippen molar-refractivity contribution in [1.82, 2.24) is 0 Å². The number of carbonyl (C=O) groups is 2. The Labute approximate surface area is 532 Å². The van der Waals surface area contributed by atoms with E-state index in [0.29, 0.717) is 12.8 Å². The van der Waals surface area contributed by atoms with Gasteiger partial charge in [0.2, 0.25) is 0 Å². The van der Waals surface area contributed by atoms with Crippen molar-refractivity contribution in [2.45, 2.75) is 315 Å². The maximum Gasteiger partial charge on any atom is 0.306 e. The Morgan fingerprint density at radius 2 is 0.465 bits per heavy atom. The molecule has 0 aromatic carbocycles. The predicted octanol–water partition coefficient (Wildman–Crippen LogP) is 25.2. The molecule has 0 spiro atoms. The molecule has 5 heteroatoms. The molecule has 1 N–H and O–H groups in total. The summed E-state index contributed by atoms with van der Waals surface area (Å²) >= 11 is 0. The number of allylic oxidation sites excluding steroid dienone is 28. The Balaban J connectivity index is 3.53. The van der Waals surface area contributed by atoms with Crippen molar-refractivity contribution in [3.63, 3.8) is 0 Å². The van der Waals surface area contributed by atoms with Crippen molar-refractivity contribution in [3.05, 3.63) is 170 Å². The van der Waals surface area contributed by atoms with E-state index >= 15 is 0 Å². The molecular weight excluding hydrogens is 1050 g/mol. The quantitative estimate of drug-likeness (QED) is 0.0373. The standard InChI is InChI=1S/C81H132O5/c1-3-5-7-9-11-13-15-17-19-21-23-25-27-29-31-33-35-37-39-40-42-44-46-48-50-52-54-56-58-60-62-64-66-68-70-72-74-76-81(84)86-79(77-82)78-85-80(83)75-73-71-69-67-65-63-61-59-57-55-53-51-49-47-45-43-41-38-36-34-32-30-28-26-24-22-20-18-16-14-12-10-8-6-4-2/h5-8,11-14,17-20,23-26,29-32,35,37,40,42,46,48,52,54,79,82H,3-4,9-10,15-16,21-22,27-28,33-34,36,38-39,41,43-45,47,49-51,53,55-78H2,1-2H3/b7-5-,8-6-,13-11-,14-12-,19-17-,20-18-,25-23-,26-24-,31-29-,32-30-,37-35-,42-40-,48-46-,54-52-. The highest BCUT2D eigenvalue weighted by atomic mass is 16.6. The van der Waals surface area contributed by atoms with E-state index in [1.54, 1.807) is 0 Å². The Hall–Kier alpha value is -4.74. The van der Waals surface area contributed by atoms with Crippen molar-refractivity contribution < 1.29 is 24.2 Å². The first-order valence-electron chi connectivity index (χ1n) is 35.7.